The van der Waals surface area contributed by atoms with Crippen molar-refractivity contribution >= 4 is 35.0 Å². The molecule has 1 atom stereocenters. The van der Waals surface area contributed by atoms with E-state index in [1.165, 1.54) is 4.90 Å². The Bertz CT molecular complexity index is 836. The SMILES string of the molecule is CCNC(=O)[C@H](C)N(Cc1c(Cl)cccc1Cl)C(=O)CCCOc1ccc(C)cc1. The van der Waals surface area contributed by atoms with E-state index >= 15 is 0 Å². The molecule has 0 spiro atoms. The van der Waals surface area contributed by atoms with Crippen LogP contribution in [0.25, 0.3) is 0 Å². The molecule has 0 unspecified atom stereocenters. The summed E-state index contributed by atoms with van der Waals surface area (Å²) in [6.45, 7) is 6.61. The number of benzene rings is 2. The Morgan fingerprint density at radius 1 is 1.10 bits per heavy atom. The molecule has 0 bridgehead atoms. The highest BCUT2D eigenvalue weighted by Crippen LogP contribution is 2.27. The lowest BCUT2D eigenvalue weighted by Gasteiger charge is -2.29. The third-order valence-electron chi connectivity index (χ3n) is 4.73. The van der Waals surface area contributed by atoms with Gasteiger partial charge in [-0.3, -0.25) is 9.59 Å². The number of likely N-dealkylation sites (N-methyl/N-ethyl adjacent to an activating group) is 1. The number of ether oxygens (including phenoxy) is 1. The molecule has 0 fully saturated rings. The molecule has 0 saturated carbocycles. The molecule has 0 aliphatic rings. The normalized spacial score (nSPS) is 11.6. The monoisotopic (exact) mass is 450 g/mol. The standard InChI is InChI=1S/C23H28Cl2N2O3/c1-4-26-23(29)17(3)27(15-19-20(24)7-5-8-21(19)25)22(28)9-6-14-30-18-12-10-16(2)11-13-18/h5,7-8,10-13,17H,4,6,9,14-15H2,1-3H3,(H,26,29)/t17-/m0/s1. The molecule has 2 amide bonds. The van der Waals surface area contributed by atoms with Crippen molar-refractivity contribution in [2.24, 2.45) is 0 Å². The van der Waals surface area contributed by atoms with Crippen LogP contribution in [-0.4, -0.2) is 35.9 Å². The van der Waals surface area contributed by atoms with Crippen molar-refractivity contribution in [1.29, 1.82) is 0 Å². The second-order valence-electron chi connectivity index (χ2n) is 7.06. The number of hydrogen-bond acceptors (Lipinski definition) is 3. The first-order valence-corrected chi connectivity index (χ1v) is 10.8. The van der Waals surface area contributed by atoms with Crippen LogP contribution in [-0.2, 0) is 16.1 Å². The summed E-state index contributed by atoms with van der Waals surface area (Å²) in [5.74, 6) is 0.394. The van der Waals surface area contributed by atoms with Gasteiger partial charge >= 0.3 is 0 Å². The van der Waals surface area contributed by atoms with Crippen LogP contribution < -0.4 is 10.1 Å². The van der Waals surface area contributed by atoms with Crippen molar-refractivity contribution in [3.05, 3.63) is 63.6 Å². The fraction of sp³-hybridized carbons (Fsp3) is 0.391. The molecular formula is C23H28Cl2N2O3. The van der Waals surface area contributed by atoms with Crippen molar-refractivity contribution in [3.63, 3.8) is 0 Å². The lowest BCUT2D eigenvalue weighted by Crippen LogP contribution is -2.47. The van der Waals surface area contributed by atoms with Crippen LogP contribution in [0.1, 0.15) is 37.8 Å². The summed E-state index contributed by atoms with van der Waals surface area (Å²) in [6.07, 6.45) is 0.777. The average Bonchev–Trinajstić information content (AvgIpc) is 2.72. The van der Waals surface area contributed by atoms with Gasteiger partial charge in [-0.2, -0.15) is 0 Å². The summed E-state index contributed by atoms with van der Waals surface area (Å²) in [7, 11) is 0. The Labute approximate surface area is 188 Å². The van der Waals surface area contributed by atoms with Gasteiger partial charge in [-0.1, -0.05) is 47.0 Å². The molecular weight excluding hydrogens is 423 g/mol. The smallest absolute Gasteiger partial charge is 0.242 e. The first kappa shape index (κ1) is 24.0. The zero-order chi connectivity index (χ0) is 22.1. The van der Waals surface area contributed by atoms with Crippen LogP contribution in [0.15, 0.2) is 42.5 Å². The maximum atomic E-state index is 13.0. The highest BCUT2D eigenvalue weighted by molar-refractivity contribution is 6.36. The Balaban J connectivity index is 2.04. The van der Waals surface area contributed by atoms with Crippen LogP contribution >= 0.6 is 23.2 Å². The second-order valence-corrected chi connectivity index (χ2v) is 7.87. The Morgan fingerprint density at radius 3 is 2.33 bits per heavy atom. The van der Waals surface area contributed by atoms with Crippen molar-refractivity contribution in [2.75, 3.05) is 13.2 Å². The Hall–Kier alpha value is -2.24. The fourth-order valence-corrected chi connectivity index (χ4v) is 3.47. The van der Waals surface area contributed by atoms with Gasteiger partial charge in [-0.25, -0.2) is 0 Å². The molecule has 1 N–H and O–H groups in total. The molecule has 0 aromatic heterocycles. The van der Waals surface area contributed by atoms with Crippen molar-refractivity contribution < 1.29 is 14.3 Å². The molecule has 2 aromatic carbocycles. The Kier molecular flexibility index (Phi) is 9.47. The van der Waals surface area contributed by atoms with E-state index in [2.05, 4.69) is 5.32 Å². The molecule has 0 aliphatic carbocycles. The predicted molar refractivity (Wildman–Crippen MR) is 121 cm³/mol. The second kappa shape index (κ2) is 11.8. The minimum Gasteiger partial charge on any atom is -0.494 e. The third kappa shape index (κ3) is 6.92. The Morgan fingerprint density at radius 2 is 1.73 bits per heavy atom. The lowest BCUT2D eigenvalue weighted by molar-refractivity contribution is -0.140. The predicted octanol–water partition coefficient (Wildman–Crippen LogP) is 5.01. The van der Waals surface area contributed by atoms with Gasteiger partial charge in [-0.15, -0.1) is 0 Å². The summed E-state index contributed by atoms with van der Waals surface area (Å²) >= 11 is 12.6. The number of nitrogens with one attached hydrogen (secondary N) is 1. The molecule has 0 radical (unpaired) electrons. The molecule has 2 rings (SSSR count). The number of aryl methyl sites for hydroxylation is 1. The zero-order valence-corrected chi connectivity index (χ0v) is 19.1. The van der Waals surface area contributed by atoms with E-state index in [9.17, 15) is 9.59 Å². The van der Waals surface area contributed by atoms with E-state index in [1.807, 2.05) is 38.1 Å². The lowest BCUT2D eigenvalue weighted by atomic mass is 10.1. The molecule has 5 nitrogen and oxygen atoms in total. The van der Waals surface area contributed by atoms with Crippen LogP contribution in [0, 0.1) is 6.92 Å². The number of amides is 2. The van der Waals surface area contributed by atoms with Crippen LogP contribution in [0.3, 0.4) is 0 Å². The molecule has 0 aliphatic heterocycles. The maximum absolute atomic E-state index is 13.0. The van der Waals surface area contributed by atoms with Gasteiger partial charge in [0, 0.05) is 35.1 Å². The number of halogens is 2. The fourth-order valence-electron chi connectivity index (χ4n) is 2.95. The van der Waals surface area contributed by atoms with Gasteiger partial charge < -0.3 is 15.0 Å². The van der Waals surface area contributed by atoms with E-state index in [1.54, 1.807) is 25.1 Å². The maximum Gasteiger partial charge on any atom is 0.242 e. The molecule has 2 aromatic rings. The van der Waals surface area contributed by atoms with Gasteiger partial charge in [0.15, 0.2) is 0 Å². The average molecular weight is 451 g/mol. The highest BCUT2D eigenvalue weighted by Gasteiger charge is 2.26. The van der Waals surface area contributed by atoms with E-state index < -0.39 is 6.04 Å². The molecule has 0 saturated heterocycles. The summed E-state index contributed by atoms with van der Waals surface area (Å²) in [5.41, 5.74) is 1.78. The topological polar surface area (TPSA) is 58.6 Å². The van der Waals surface area contributed by atoms with Gasteiger partial charge in [0.05, 0.1) is 6.61 Å². The largest absolute Gasteiger partial charge is 0.494 e. The summed E-state index contributed by atoms with van der Waals surface area (Å²) in [4.78, 5) is 26.9. The first-order valence-electron chi connectivity index (χ1n) is 10.0. The highest BCUT2D eigenvalue weighted by atomic mass is 35.5. The van der Waals surface area contributed by atoms with Crippen LogP contribution in [0.4, 0.5) is 0 Å². The van der Waals surface area contributed by atoms with Crippen LogP contribution in [0.5, 0.6) is 5.75 Å². The minimum absolute atomic E-state index is 0.155. The van der Waals surface area contributed by atoms with Crippen molar-refractivity contribution in [2.45, 2.75) is 46.2 Å². The summed E-state index contributed by atoms with van der Waals surface area (Å²) in [6, 6.07) is 12.3. The third-order valence-corrected chi connectivity index (χ3v) is 5.44. The number of carbonyl (C=O) groups excluding carboxylic acids is 2. The van der Waals surface area contributed by atoms with Crippen molar-refractivity contribution in [1.82, 2.24) is 10.2 Å². The minimum atomic E-state index is -0.650. The van der Waals surface area contributed by atoms with E-state index in [-0.39, 0.29) is 24.8 Å². The van der Waals surface area contributed by atoms with E-state index in [0.29, 0.717) is 35.2 Å². The molecule has 0 heterocycles. The quantitative estimate of drug-likeness (QED) is 0.517. The van der Waals surface area contributed by atoms with Gasteiger partial charge in [0.1, 0.15) is 11.8 Å². The van der Waals surface area contributed by atoms with E-state index in [0.717, 1.165) is 11.3 Å². The van der Waals surface area contributed by atoms with E-state index in [4.69, 9.17) is 27.9 Å². The van der Waals surface area contributed by atoms with Crippen molar-refractivity contribution in [3.8, 4) is 5.75 Å². The summed E-state index contributed by atoms with van der Waals surface area (Å²) < 4.78 is 5.70. The van der Waals surface area contributed by atoms with Gasteiger partial charge in [0.25, 0.3) is 0 Å². The molecule has 30 heavy (non-hydrogen) atoms. The zero-order valence-electron chi connectivity index (χ0n) is 17.6. The number of nitrogens with zero attached hydrogens (tertiary/aromatic N) is 1. The number of rotatable bonds is 10. The molecule has 162 valence electrons. The van der Waals surface area contributed by atoms with Gasteiger partial charge in [-0.05, 0) is 51.5 Å². The number of hydrogen-bond donors (Lipinski definition) is 1. The number of carbonyl (C=O) groups is 2. The summed E-state index contributed by atoms with van der Waals surface area (Å²) in [5, 5.41) is 3.69. The van der Waals surface area contributed by atoms with Gasteiger partial charge in [0.2, 0.25) is 11.8 Å². The first-order chi connectivity index (χ1) is 14.3. The molecule has 7 heteroatoms. The van der Waals surface area contributed by atoms with Crippen LogP contribution in [0.2, 0.25) is 10.0 Å².